The van der Waals surface area contributed by atoms with Crippen LogP contribution < -0.4 is 10.4 Å². The van der Waals surface area contributed by atoms with Crippen molar-refractivity contribution in [1.29, 1.82) is 5.26 Å². The lowest BCUT2D eigenvalue weighted by atomic mass is 10.2. The largest absolute Gasteiger partial charge is 0.269 e. The summed E-state index contributed by atoms with van der Waals surface area (Å²) in [5.74, 6) is -0.116. The minimum absolute atomic E-state index is 0.0206. The van der Waals surface area contributed by atoms with Crippen molar-refractivity contribution in [2.45, 2.75) is 13.8 Å². The van der Waals surface area contributed by atoms with Crippen molar-refractivity contribution < 1.29 is 9.18 Å². The van der Waals surface area contributed by atoms with Crippen molar-refractivity contribution in [3.63, 3.8) is 0 Å². The van der Waals surface area contributed by atoms with Crippen LogP contribution in [0.2, 0.25) is 0 Å². The van der Waals surface area contributed by atoms with Gasteiger partial charge in [-0.15, -0.1) is 0 Å². The monoisotopic (exact) mass is 313 g/mol. The van der Waals surface area contributed by atoms with E-state index in [1.807, 2.05) is 19.9 Å². The van der Waals surface area contributed by atoms with Gasteiger partial charge < -0.3 is 0 Å². The zero-order valence-electron chi connectivity index (χ0n) is 12.8. The highest BCUT2D eigenvalue weighted by atomic mass is 19.1. The Balaban J connectivity index is 2.23. The summed E-state index contributed by atoms with van der Waals surface area (Å²) < 4.78 is 12.9. The van der Waals surface area contributed by atoms with Crippen LogP contribution in [0.15, 0.2) is 36.5 Å². The molecule has 0 atom stereocenters. The molecule has 6 nitrogen and oxygen atoms in total. The summed E-state index contributed by atoms with van der Waals surface area (Å²) in [6.07, 6.45) is 1.46. The number of nitrogens with zero attached hydrogens (tertiary/aromatic N) is 4. The molecule has 1 heterocycles. The van der Waals surface area contributed by atoms with Crippen LogP contribution in [-0.4, -0.2) is 22.4 Å². The zero-order chi connectivity index (χ0) is 16.8. The van der Waals surface area contributed by atoms with Gasteiger partial charge in [0.25, 0.3) is 5.91 Å². The number of hydrogen-bond donors (Lipinski definition) is 1. The average molecular weight is 313 g/mol. The fourth-order valence-corrected chi connectivity index (χ4v) is 1.90. The lowest BCUT2D eigenvalue weighted by Gasteiger charge is -2.26. The maximum absolute atomic E-state index is 12.9. The van der Waals surface area contributed by atoms with E-state index in [0.29, 0.717) is 17.9 Å². The summed E-state index contributed by atoms with van der Waals surface area (Å²) in [5.41, 5.74) is 3.05. The van der Waals surface area contributed by atoms with Gasteiger partial charge in [0.15, 0.2) is 5.82 Å². The number of halogens is 1. The summed E-state index contributed by atoms with van der Waals surface area (Å²) >= 11 is 0. The SMILES string of the molecule is CC(C)CN(NC(=O)c1ccc(F)cc1)c1ccnc(C#N)n1. The predicted octanol–water partition coefficient (Wildman–Crippen LogP) is 2.29. The van der Waals surface area contributed by atoms with Crippen LogP contribution >= 0.6 is 0 Å². The summed E-state index contributed by atoms with van der Waals surface area (Å²) in [6.45, 7) is 4.47. The van der Waals surface area contributed by atoms with Gasteiger partial charge in [0.05, 0.1) is 0 Å². The Morgan fingerprint density at radius 2 is 2.04 bits per heavy atom. The molecule has 2 aromatic rings. The number of hydrazine groups is 1. The van der Waals surface area contributed by atoms with Gasteiger partial charge in [-0.3, -0.25) is 15.2 Å². The van der Waals surface area contributed by atoms with Crippen LogP contribution in [-0.2, 0) is 0 Å². The van der Waals surface area contributed by atoms with E-state index in [1.54, 1.807) is 11.1 Å². The zero-order valence-corrected chi connectivity index (χ0v) is 12.8. The molecule has 0 bridgehead atoms. The maximum atomic E-state index is 12.9. The van der Waals surface area contributed by atoms with E-state index < -0.39 is 5.82 Å². The molecule has 1 aromatic heterocycles. The molecule has 0 radical (unpaired) electrons. The molecule has 7 heteroatoms. The molecule has 0 spiro atoms. The third kappa shape index (κ3) is 4.48. The first-order valence-corrected chi connectivity index (χ1v) is 7.07. The number of nitriles is 1. The summed E-state index contributed by atoms with van der Waals surface area (Å²) in [7, 11) is 0. The van der Waals surface area contributed by atoms with Crippen LogP contribution in [0.1, 0.15) is 30.0 Å². The highest BCUT2D eigenvalue weighted by Crippen LogP contribution is 2.11. The molecule has 1 N–H and O–H groups in total. The summed E-state index contributed by atoms with van der Waals surface area (Å²) in [6, 6.07) is 8.72. The van der Waals surface area contributed by atoms with E-state index in [-0.39, 0.29) is 17.6 Å². The van der Waals surface area contributed by atoms with Gasteiger partial charge in [-0.2, -0.15) is 10.2 Å². The van der Waals surface area contributed by atoms with E-state index in [0.717, 1.165) is 0 Å². The van der Waals surface area contributed by atoms with Crippen LogP contribution in [0.25, 0.3) is 0 Å². The number of carbonyl (C=O) groups is 1. The number of carbonyl (C=O) groups excluding carboxylic acids is 1. The molecule has 2 rings (SSSR count). The van der Waals surface area contributed by atoms with Crippen molar-refractivity contribution in [1.82, 2.24) is 15.4 Å². The van der Waals surface area contributed by atoms with Crippen molar-refractivity contribution in [3.8, 4) is 6.07 Å². The Morgan fingerprint density at radius 1 is 1.35 bits per heavy atom. The maximum Gasteiger partial charge on any atom is 0.269 e. The molecule has 0 aliphatic carbocycles. The first kappa shape index (κ1) is 16.4. The van der Waals surface area contributed by atoms with Crippen molar-refractivity contribution in [2.75, 3.05) is 11.6 Å². The van der Waals surface area contributed by atoms with Gasteiger partial charge in [0, 0.05) is 24.4 Å². The number of nitrogens with one attached hydrogen (secondary N) is 1. The van der Waals surface area contributed by atoms with Crippen molar-refractivity contribution in [2.24, 2.45) is 5.92 Å². The van der Waals surface area contributed by atoms with Crippen LogP contribution in [0, 0.1) is 23.1 Å². The molecule has 0 unspecified atom stereocenters. The van der Waals surface area contributed by atoms with Crippen LogP contribution in [0.5, 0.6) is 0 Å². The van der Waals surface area contributed by atoms with Gasteiger partial charge in [0.2, 0.25) is 5.82 Å². The van der Waals surface area contributed by atoms with Gasteiger partial charge in [-0.1, -0.05) is 13.8 Å². The van der Waals surface area contributed by atoms with E-state index in [1.165, 1.54) is 30.5 Å². The number of aromatic nitrogens is 2. The van der Waals surface area contributed by atoms with E-state index in [9.17, 15) is 9.18 Å². The second kappa shape index (κ2) is 7.31. The molecule has 0 saturated carbocycles. The molecule has 0 saturated heterocycles. The number of benzene rings is 1. The lowest BCUT2D eigenvalue weighted by Crippen LogP contribution is -2.45. The number of amides is 1. The van der Waals surface area contributed by atoms with Crippen molar-refractivity contribution >= 4 is 11.7 Å². The Bertz CT molecular complexity index is 724. The molecule has 0 aliphatic heterocycles. The highest BCUT2D eigenvalue weighted by Gasteiger charge is 2.15. The fraction of sp³-hybridized carbons (Fsp3) is 0.250. The Labute approximate surface area is 133 Å². The second-order valence-electron chi connectivity index (χ2n) is 5.30. The second-order valence-corrected chi connectivity index (χ2v) is 5.30. The van der Waals surface area contributed by atoms with Crippen molar-refractivity contribution in [3.05, 3.63) is 53.7 Å². The van der Waals surface area contributed by atoms with Crippen LogP contribution in [0.3, 0.4) is 0 Å². The smallest absolute Gasteiger partial charge is 0.268 e. The molecule has 0 aliphatic rings. The normalized spacial score (nSPS) is 10.2. The van der Waals surface area contributed by atoms with Crippen LogP contribution in [0.4, 0.5) is 10.2 Å². The predicted molar refractivity (Wildman–Crippen MR) is 82.8 cm³/mol. The number of anilines is 1. The first-order valence-electron chi connectivity index (χ1n) is 7.07. The van der Waals surface area contributed by atoms with Gasteiger partial charge >= 0.3 is 0 Å². The molecular formula is C16H16FN5O. The quantitative estimate of drug-likeness (QED) is 0.857. The fourth-order valence-electron chi connectivity index (χ4n) is 1.90. The summed E-state index contributed by atoms with van der Waals surface area (Å²) in [4.78, 5) is 20.2. The third-order valence-electron chi connectivity index (χ3n) is 2.91. The van der Waals surface area contributed by atoms with Gasteiger partial charge in [0.1, 0.15) is 11.9 Å². The van der Waals surface area contributed by atoms with Gasteiger partial charge in [-0.25, -0.2) is 9.37 Å². The summed E-state index contributed by atoms with van der Waals surface area (Å²) in [5, 5.41) is 10.4. The van der Waals surface area contributed by atoms with E-state index in [2.05, 4.69) is 15.4 Å². The third-order valence-corrected chi connectivity index (χ3v) is 2.91. The number of rotatable bonds is 5. The Kier molecular flexibility index (Phi) is 5.20. The molecule has 0 fully saturated rings. The Hall–Kier alpha value is -3.01. The lowest BCUT2D eigenvalue weighted by molar-refractivity contribution is 0.0947. The Morgan fingerprint density at radius 3 is 2.65 bits per heavy atom. The molecule has 1 aromatic carbocycles. The number of hydrogen-bond acceptors (Lipinski definition) is 5. The van der Waals surface area contributed by atoms with E-state index in [4.69, 9.17) is 5.26 Å². The van der Waals surface area contributed by atoms with E-state index >= 15 is 0 Å². The average Bonchev–Trinajstić information content (AvgIpc) is 2.54. The standard InChI is InChI=1S/C16H16FN5O/c1-11(2)10-22(15-7-8-19-14(9-18)20-15)21-16(23)12-3-5-13(17)6-4-12/h3-8,11H,10H2,1-2H3,(H,21,23). The minimum atomic E-state index is -0.407. The molecular weight excluding hydrogens is 297 g/mol. The molecule has 23 heavy (non-hydrogen) atoms. The topological polar surface area (TPSA) is 81.9 Å². The molecule has 1 amide bonds. The minimum Gasteiger partial charge on any atom is -0.268 e. The first-order chi connectivity index (χ1) is 11.0. The van der Waals surface area contributed by atoms with Gasteiger partial charge in [-0.05, 0) is 30.2 Å². The highest BCUT2D eigenvalue weighted by molar-refractivity contribution is 5.94. The molecule has 118 valence electrons.